The lowest BCUT2D eigenvalue weighted by atomic mass is 10.1. The van der Waals surface area contributed by atoms with E-state index in [0.29, 0.717) is 18.0 Å². The molecule has 1 aliphatic heterocycles. The maximum atomic E-state index is 12.6. The van der Waals surface area contributed by atoms with E-state index < -0.39 is 10.0 Å². The van der Waals surface area contributed by atoms with Gasteiger partial charge in [-0.25, -0.2) is 8.42 Å². The van der Waals surface area contributed by atoms with Crippen molar-refractivity contribution in [3.63, 3.8) is 0 Å². The van der Waals surface area contributed by atoms with Crippen molar-refractivity contribution in [2.45, 2.75) is 37.6 Å². The van der Waals surface area contributed by atoms with E-state index >= 15 is 0 Å². The molecule has 1 unspecified atom stereocenters. The van der Waals surface area contributed by atoms with Crippen molar-refractivity contribution in [1.29, 1.82) is 0 Å². The lowest BCUT2D eigenvalue weighted by Gasteiger charge is -2.32. The van der Waals surface area contributed by atoms with Crippen LogP contribution in [0, 0.1) is 0 Å². The number of halogens is 1. The first kappa shape index (κ1) is 17.4. The Morgan fingerprint density at radius 2 is 1.95 bits per heavy atom. The van der Waals surface area contributed by atoms with Gasteiger partial charge in [-0.3, -0.25) is 0 Å². The number of nitrogens with zero attached hydrogens (tertiary/aromatic N) is 1. The fraction of sp³-hybridized carbons (Fsp3) is 0.571. The summed E-state index contributed by atoms with van der Waals surface area (Å²) in [6.07, 6.45) is 2.06. The molecule has 1 atom stereocenters. The Kier molecular flexibility index (Phi) is 6.45. The summed E-state index contributed by atoms with van der Waals surface area (Å²) in [7, 11) is -3.35. The molecule has 0 aliphatic carbocycles. The molecule has 1 aromatic rings. The monoisotopic (exact) mass is 318 g/mol. The van der Waals surface area contributed by atoms with Crippen LogP contribution in [-0.4, -0.2) is 38.4 Å². The molecule has 1 fully saturated rings. The smallest absolute Gasteiger partial charge is 0.243 e. The predicted molar refractivity (Wildman–Crippen MR) is 83.9 cm³/mol. The van der Waals surface area contributed by atoms with Crippen molar-refractivity contribution in [2.75, 3.05) is 19.6 Å². The van der Waals surface area contributed by atoms with Crippen molar-refractivity contribution in [2.24, 2.45) is 0 Å². The largest absolute Gasteiger partial charge is 0.314 e. The van der Waals surface area contributed by atoms with Gasteiger partial charge in [0.25, 0.3) is 0 Å². The maximum absolute atomic E-state index is 12.6. The number of benzene rings is 1. The summed E-state index contributed by atoms with van der Waals surface area (Å²) in [6, 6.07) is 7.31. The molecule has 1 N–H and O–H groups in total. The van der Waals surface area contributed by atoms with Gasteiger partial charge < -0.3 is 5.32 Å². The lowest BCUT2D eigenvalue weighted by Crippen LogP contribution is -2.52. The molecule has 20 heavy (non-hydrogen) atoms. The summed E-state index contributed by atoms with van der Waals surface area (Å²) in [5.41, 5.74) is 1.19. The number of hydrogen-bond donors (Lipinski definition) is 1. The quantitative estimate of drug-likeness (QED) is 0.924. The van der Waals surface area contributed by atoms with Gasteiger partial charge in [-0.1, -0.05) is 25.5 Å². The lowest BCUT2D eigenvalue weighted by molar-refractivity contribution is 0.284. The van der Waals surface area contributed by atoms with E-state index in [9.17, 15) is 8.42 Å². The van der Waals surface area contributed by atoms with Crippen molar-refractivity contribution in [1.82, 2.24) is 9.62 Å². The summed E-state index contributed by atoms with van der Waals surface area (Å²) >= 11 is 0. The molecule has 6 heteroatoms. The molecule has 1 saturated heterocycles. The fourth-order valence-electron chi connectivity index (χ4n) is 2.43. The SMILES string of the molecule is CCCc1ccc(S(=O)(=O)N2CCNCC2C)cc1.Cl. The van der Waals surface area contributed by atoms with E-state index in [-0.39, 0.29) is 18.4 Å². The zero-order chi connectivity index (χ0) is 13.9. The van der Waals surface area contributed by atoms with E-state index in [0.717, 1.165) is 19.4 Å². The Hall–Kier alpha value is -0.620. The number of hydrogen-bond acceptors (Lipinski definition) is 3. The zero-order valence-corrected chi connectivity index (χ0v) is 13.6. The number of piperazine rings is 1. The van der Waals surface area contributed by atoms with Crippen LogP contribution in [0.15, 0.2) is 29.2 Å². The maximum Gasteiger partial charge on any atom is 0.243 e. The highest BCUT2D eigenvalue weighted by atomic mass is 35.5. The molecule has 0 saturated carbocycles. The van der Waals surface area contributed by atoms with E-state index in [2.05, 4.69) is 12.2 Å². The highest BCUT2D eigenvalue weighted by molar-refractivity contribution is 7.89. The molecule has 2 rings (SSSR count). The molecule has 0 aromatic heterocycles. The Labute approximate surface area is 128 Å². The minimum atomic E-state index is -3.35. The second-order valence-electron chi connectivity index (χ2n) is 5.06. The minimum absolute atomic E-state index is 0. The van der Waals surface area contributed by atoms with Crippen molar-refractivity contribution >= 4 is 22.4 Å². The normalized spacial score (nSPS) is 20.4. The van der Waals surface area contributed by atoms with Gasteiger partial charge in [-0.15, -0.1) is 12.4 Å². The standard InChI is InChI=1S/C14H22N2O2S.ClH/c1-3-4-13-5-7-14(8-6-13)19(17,18)16-10-9-15-11-12(16)2;/h5-8,12,15H,3-4,9-11H2,1-2H3;1H. The average molecular weight is 319 g/mol. The van der Waals surface area contributed by atoms with Crippen LogP contribution < -0.4 is 5.32 Å². The summed E-state index contributed by atoms with van der Waals surface area (Å²) in [4.78, 5) is 0.404. The third-order valence-electron chi connectivity index (χ3n) is 3.51. The third-order valence-corrected chi connectivity index (χ3v) is 5.54. The van der Waals surface area contributed by atoms with Crippen LogP contribution in [0.4, 0.5) is 0 Å². The van der Waals surface area contributed by atoms with Gasteiger partial charge in [0.15, 0.2) is 0 Å². The molecule has 0 spiro atoms. The zero-order valence-electron chi connectivity index (χ0n) is 12.0. The second kappa shape index (κ2) is 7.41. The van der Waals surface area contributed by atoms with Crippen LogP contribution in [0.25, 0.3) is 0 Å². The van der Waals surface area contributed by atoms with Gasteiger partial charge >= 0.3 is 0 Å². The number of sulfonamides is 1. The summed E-state index contributed by atoms with van der Waals surface area (Å²) in [5.74, 6) is 0. The Morgan fingerprint density at radius 1 is 1.30 bits per heavy atom. The first-order valence-electron chi connectivity index (χ1n) is 6.87. The van der Waals surface area contributed by atoms with Crippen LogP contribution in [0.5, 0.6) is 0 Å². The summed E-state index contributed by atoms with van der Waals surface area (Å²) in [6.45, 7) is 6.03. The van der Waals surface area contributed by atoms with Crippen molar-refractivity contribution in [3.05, 3.63) is 29.8 Å². The highest BCUT2D eigenvalue weighted by Crippen LogP contribution is 2.20. The van der Waals surface area contributed by atoms with E-state index in [1.165, 1.54) is 5.56 Å². The fourth-order valence-corrected chi connectivity index (χ4v) is 4.06. The first-order valence-corrected chi connectivity index (χ1v) is 8.31. The summed E-state index contributed by atoms with van der Waals surface area (Å²) < 4.78 is 26.7. The van der Waals surface area contributed by atoms with Gasteiger partial charge in [0.2, 0.25) is 10.0 Å². The molecule has 1 aliphatic rings. The van der Waals surface area contributed by atoms with Gasteiger partial charge in [-0.05, 0) is 31.0 Å². The Bertz CT molecular complexity index is 516. The van der Waals surface area contributed by atoms with Crippen LogP contribution in [0.2, 0.25) is 0 Å². The number of rotatable bonds is 4. The van der Waals surface area contributed by atoms with Crippen LogP contribution in [-0.2, 0) is 16.4 Å². The summed E-state index contributed by atoms with van der Waals surface area (Å²) in [5, 5.41) is 3.21. The van der Waals surface area contributed by atoms with E-state index in [1.807, 2.05) is 19.1 Å². The number of nitrogens with one attached hydrogen (secondary N) is 1. The second-order valence-corrected chi connectivity index (χ2v) is 6.95. The van der Waals surface area contributed by atoms with Crippen molar-refractivity contribution < 1.29 is 8.42 Å². The van der Waals surface area contributed by atoms with Crippen LogP contribution in [0.3, 0.4) is 0 Å². The minimum Gasteiger partial charge on any atom is -0.314 e. The molecule has 4 nitrogen and oxygen atoms in total. The number of aryl methyl sites for hydroxylation is 1. The molecule has 0 amide bonds. The highest BCUT2D eigenvalue weighted by Gasteiger charge is 2.30. The van der Waals surface area contributed by atoms with Crippen LogP contribution >= 0.6 is 12.4 Å². The van der Waals surface area contributed by atoms with Gasteiger partial charge in [-0.2, -0.15) is 4.31 Å². The third kappa shape index (κ3) is 3.73. The molecular weight excluding hydrogens is 296 g/mol. The molecule has 0 bridgehead atoms. The van der Waals surface area contributed by atoms with E-state index in [4.69, 9.17) is 0 Å². The average Bonchev–Trinajstić information content (AvgIpc) is 2.40. The Balaban J connectivity index is 0.00000200. The molecule has 114 valence electrons. The molecule has 0 radical (unpaired) electrons. The van der Waals surface area contributed by atoms with E-state index in [1.54, 1.807) is 16.4 Å². The van der Waals surface area contributed by atoms with Gasteiger partial charge in [0, 0.05) is 25.7 Å². The van der Waals surface area contributed by atoms with Crippen LogP contribution in [0.1, 0.15) is 25.8 Å². The molecule has 1 heterocycles. The first-order chi connectivity index (χ1) is 9.05. The topological polar surface area (TPSA) is 49.4 Å². The van der Waals surface area contributed by atoms with Gasteiger partial charge in [0.1, 0.15) is 0 Å². The van der Waals surface area contributed by atoms with Gasteiger partial charge in [0.05, 0.1) is 4.90 Å². The molecular formula is C14H23ClN2O2S. The predicted octanol–water partition coefficient (Wildman–Crippen LogP) is 2.04. The van der Waals surface area contributed by atoms with Crippen molar-refractivity contribution in [3.8, 4) is 0 Å². The molecule has 1 aromatic carbocycles. The Morgan fingerprint density at radius 3 is 2.50 bits per heavy atom.